The van der Waals surface area contributed by atoms with E-state index in [-0.39, 0.29) is 11.9 Å². The topological polar surface area (TPSA) is 24.9 Å². The van der Waals surface area contributed by atoms with E-state index in [4.69, 9.17) is 0 Å². The van der Waals surface area contributed by atoms with Crippen molar-refractivity contribution in [1.29, 1.82) is 0 Å². The van der Waals surface area contributed by atoms with Gasteiger partial charge in [0.1, 0.15) is 5.82 Å². The van der Waals surface area contributed by atoms with Gasteiger partial charge in [-0.15, -0.1) is 11.3 Å². The van der Waals surface area contributed by atoms with Crippen LogP contribution in [-0.2, 0) is 6.42 Å². The summed E-state index contributed by atoms with van der Waals surface area (Å²) < 4.78 is 12.9. The number of halogens is 1. The summed E-state index contributed by atoms with van der Waals surface area (Å²) in [5, 5.41) is 3.47. The summed E-state index contributed by atoms with van der Waals surface area (Å²) in [7, 11) is 0. The van der Waals surface area contributed by atoms with E-state index in [0.717, 1.165) is 24.2 Å². The largest absolute Gasteiger partial charge is 0.309 e. The zero-order valence-corrected chi connectivity index (χ0v) is 11.4. The Bertz CT molecular complexity index is 493. The lowest BCUT2D eigenvalue weighted by molar-refractivity contribution is 0.553. The zero-order chi connectivity index (χ0) is 13.0. The number of hydrogen-bond donors (Lipinski definition) is 1. The minimum absolute atomic E-state index is 0.187. The molecular weight excluding hydrogens is 247 g/mol. The smallest absolute Gasteiger partial charge is 0.123 e. The van der Waals surface area contributed by atoms with Gasteiger partial charge >= 0.3 is 0 Å². The molecule has 0 fully saturated rings. The minimum Gasteiger partial charge on any atom is -0.309 e. The second kappa shape index (κ2) is 6.07. The fourth-order valence-corrected chi connectivity index (χ4v) is 2.88. The quantitative estimate of drug-likeness (QED) is 0.894. The van der Waals surface area contributed by atoms with Gasteiger partial charge in [0.25, 0.3) is 0 Å². The van der Waals surface area contributed by atoms with Crippen LogP contribution in [0.5, 0.6) is 0 Å². The lowest BCUT2D eigenvalue weighted by Gasteiger charge is -2.17. The van der Waals surface area contributed by atoms with Crippen molar-refractivity contribution in [2.45, 2.75) is 26.3 Å². The molecule has 0 saturated carbocycles. The number of aromatic nitrogens is 1. The maximum atomic E-state index is 12.9. The Labute approximate surface area is 111 Å². The second-order valence-corrected chi connectivity index (χ2v) is 5.13. The third-order valence-electron chi connectivity index (χ3n) is 2.90. The average molecular weight is 264 g/mol. The van der Waals surface area contributed by atoms with E-state index in [9.17, 15) is 4.39 Å². The number of nitrogens with one attached hydrogen (secondary N) is 1. The monoisotopic (exact) mass is 264 g/mol. The van der Waals surface area contributed by atoms with Crippen molar-refractivity contribution in [2.75, 3.05) is 6.54 Å². The molecule has 0 amide bonds. The Balaban J connectivity index is 2.16. The summed E-state index contributed by atoms with van der Waals surface area (Å²) in [5.74, 6) is -0.187. The second-order valence-electron chi connectivity index (χ2n) is 4.24. The van der Waals surface area contributed by atoms with Crippen LogP contribution in [0.1, 0.15) is 29.1 Å². The molecule has 0 radical (unpaired) electrons. The van der Waals surface area contributed by atoms with Gasteiger partial charge in [-0.1, -0.05) is 19.1 Å². The van der Waals surface area contributed by atoms with Crippen LogP contribution >= 0.6 is 11.3 Å². The van der Waals surface area contributed by atoms with Crippen molar-refractivity contribution in [3.05, 3.63) is 51.7 Å². The van der Waals surface area contributed by atoms with Crippen LogP contribution in [0.15, 0.2) is 29.8 Å². The SMILES string of the molecule is CCNC(Cc1ccc(F)cc1)c1scnc1C. The molecule has 0 bridgehead atoms. The molecule has 18 heavy (non-hydrogen) atoms. The Morgan fingerprint density at radius 3 is 2.61 bits per heavy atom. The fraction of sp³-hybridized carbons (Fsp3) is 0.357. The predicted molar refractivity (Wildman–Crippen MR) is 73.4 cm³/mol. The molecule has 0 spiro atoms. The summed E-state index contributed by atoms with van der Waals surface area (Å²) >= 11 is 1.67. The van der Waals surface area contributed by atoms with Crippen molar-refractivity contribution in [3.63, 3.8) is 0 Å². The van der Waals surface area contributed by atoms with E-state index < -0.39 is 0 Å². The van der Waals surface area contributed by atoms with E-state index in [1.54, 1.807) is 11.3 Å². The van der Waals surface area contributed by atoms with Gasteiger partial charge in [-0.2, -0.15) is 0 Å². The number of nitrogens with zero attached hydrogens (tertiary/aromatic N) is 1. The molecule has 0 saturated heterocycles. The van der Waals surface area contributed by atoms with Crippen molar-refractivity contribution < 1.29 is 4.39 Å². The lowest BCUT2D eigenvalue weighted by Crippen LogP contribution is -2.22. The molecule has 4 heteroatoms. The van der Waals surface area contributed by atoms with Crippen LogP contribution in [0.3, 0.4) is 0 Å². The third kappa shape index (κ3) is 3.15. The summed E-state index contributed by atoms with van der Waals surface area (Å²) in [4.78, 5) is 5.56. The molecule has 2 aromatic rings. The standard InChI is InChI=1S/C14H17FN2S/c1-3-16-13(14-10(2)17-9-18-14)8-11-4-6-12(15)7-5-11/h4-7,9,13,16H,3,8H2,1-2H3. The predicted octanol–water partition coefficient (Wildman–Crippen LogP) is 3.48. The Hall–Kier alpha value is -1.26. The molecule has 1 N–H and O–H groups in total. The summed E-state index contributed by atoms with van der Waals surface area (Å²) in [6.45, 7) is 5.03. The van der Waals surface area contributed by atoms with Crippen LogP contribution in [0.4, 0.5) is 4.39 Å². The first-order chi connectivity index (χ1) is 8.70. The summed E-state index contributed by atoms with van der Waals surface area (Å²) in [6.07, 6.45) is 0.858. The zero-order valence-electron chi connectivity index (χ0n) is 10.6. The number of aryl methyl sites for hydroxylation is 1. The van der Waals surface area contributed by atoms with E-state index in [1.807, 2.05) is 24.6 Å². The van der Waals surface area contributed by atoms with E-state index in [0.29, 0.717) is 0 Å². The number of rotatable bonds is 5. The molecule has 1 aromatic heterocycles. The first kappa shape index (κ1) is 13.2. The highest BCUT2D eigenvalue weighted by molar-refractivity contribution is 7.09. The first-order valence-electron chi connectivity index (χ1n) is 6.08. The van der Waals surface area contributed by atoms with Crippen LogP contribution in [0, 0.1) is 12.7 Å². The van der Waals surface area contributed by atoms with E-state index in [1.165, 1.54) is 17.0 Å². The van der Waals surface area contributed by atoms with Crippen LogP contribution in [0.25, 0.3) is 0 Å². The number of thiazole rings is 1. The number of likely N-dealkylation sites (N-methyl/N-ethyl adjacent to an activating group) is 1. The molecule has 1 atom stereocenters. The molecule has 1 aromatic carbocycles. The van der Waals surface area contributed by atoms with E-state index >= 15 is 0 Å². The Morgan fingerprint density at radius 1 is 1.33 bits per heavy atom. The minimum atomic E-state index is -0.187. The molecule has 0 aliphatic carbocycles. The van der Waals surface area contributed by atoms with Crippen LogP contribution in [0.2, 0.25) is 0 Å². The maximum Gasteiger partial charge on any atom is 0.123 e. The molecule has 0 aliphatic rings. The first-order valence-corrected chi connectivity index (χ1v) is 6.96. The van der Waals surface area contributed by atoms with Gasteiger partial charge in [0.2, 0.25) is 0 Å². The van der Waals surface area contributed by atoms with Crippen molar-refractivity contribution in [1.82, 2.24) is 10.3 Å². The highest BCUT2D eigenvalue weighted by Gasteiger charge is 2.15. The summed E-state index contributed by atoms with van der Waals surface area (Å²) in [6, 6.07) is 6.97. The van der Waals surface area contributed by atoms with Crippen molar-refractivity contribution in [3.8, 4) is 0 Å². The lowest BCUT2D eigenvalue weighted by atomic mass is 10.0. The molecule has 1 unspecified atom stereocenters. The maximum absolute atomic E-state index is 12.9. The van der Waals surface area contributed by atoms with Gasteiger partial charge in [-0.25, -0.2) is 9.37 Å². The Morgan fingerprint density at radius 2 is 2.06 bits per heavy atom. The van der Waals surface area contributed by atoms with Gasteiger partial charge in [0.15, 0.2) is 0 Å². The van der Waals surface area contributed by atoms with Gasteiger partial charge in [0.05, 0.1) is 11.2 Å². The summed E-state index contributed by atoms with van der Waals surface area (Å²) in [5.41, 5.74) is 4.09. The van der Waals surface area contributed by atoms with Crippen molar-refractivity contribution in [2.24, 2.45) is 0 Å². The third-order valence-corrected chi connectivity index (χ3v) is 3.95. The molecule has 2 nitrogen and oxygen atoms in total. The van der Waals surface area contributed by atoms with Crippen LogP contribution in [-0.4, -0.2) is 11.5 Å². The molecule has 2 rings (SSSR count). The Kier molecular flexibility index (Phi) is 4.44. The fourth-order valence-electron chi connectivity index (χ4n) is 2.01. The van der Waals surface area contributed by atoms with Crippen LogP contribution < -0.4 is 5.32 Å². The number of hydrogen-bond acceptors (Lipinski definition) is 3. The highest BCUT2D eigenvalue weighted by atomic mass is 32.1. The van der Waals surface area contributed by atoms with Gasteiger partial charge < -0.3 is 5.32 Å². The molecule has 1 heterocycles. The molecule has 0 aliphatic heterocycles. The van der Waals surface area contributed by atoms with E-state index in [2.05, 4.69) is 17.2 Å². The molecule has 96 valence electrons. The van der Waals surface area contributed by atoms with Gasteiger partial charge in [-0.05, 0) is 37.6 Å². The average Bonchev–Trinajstić information content (AvgIpc) is 2.78. The molecular formula is C14H17FN2S. The number of benzene rings is 1. The highest BCUT2D eigenvalue weighted by Crippen LogP contribution is 2.25. The normalized spacial score (nSPS) is 12.6. The van der Waals surface area contributed by atoms with Crippen molar-refractivity contribution >= 4 is 11.3 Å². The van der Waals surface area contributed by atoms with Gasteiger partial charge in [0, 0.05) is 10.9 Å². The van der Waals surface area contributed by atoms with Gasteiger partial charge in [-0.3, -0.25) is 0 Å².